The fraction of sp³-hybridized carbons (Fsp3) is 0.0833. The number of hydrogen-bond acceptors (Lipinski definition) is 2. The zero-order valence-corrected chi connectivity index (χ0v) is 17.0. The van der Waals surface area contributed by atoms with Gasteiger partial charge in [0.2, 0.25) is 0 Å². The maximum absolute atomic E-state index is 12.7. The molecule has 0 aliphatic heterocycles. The maximum Gasteiger partial charge on any atom is 0.416 e. The molecule has 0 bridgehead atoms. The number of aryl methyl sites for hydroxylation is 1. The first-order chi connectivity index (χ1) is 15.3. The molecule has 0 saturated carbocycles. The van der Waals surface area contributed by atoms with Crippen LogP contribution in [0.25, 0.3) is 16.9 Å². The number of carbonyl (C=O) groups is 1. The van der Waals surface area contributed by atoms with Gasteiger partial charge in [-0.25, -0.2) is 9.48 Å². The minimum atomic E-state index is -4.44. The van der Waals surface area contributed by atoms with E-state index in [0.29, 0.717) is 11.5 Å². The van der Waals surface area contributed by atoms with Crippen molar-refractivity contribution in [2.45, 2.75) is 13.1 Å². The summed E-state index contributed by atoms with van der Waals surface area (Å²) >= 11 is 0. The second-order valence-corrected chi connectivity index (χ2v) is 7.18. The van der Waals surface area contributed by atoms with Gasteiger partial charge < -0.3 is 5.32 Å². The lowest BCUT2D eigenvalue weighted by atomic mass is 10.2. The van der Waals surface area contributed by atoms with Crippen LogP contribution in [-0.2, 0) is 6.18 Å². The third-order valence-corrected chi connectivity index (χ3v) is 4.77. The largest absolute Gasteiger partial charge is 0.416 e. The molecule has 2 N–H and O–H groups in total. The van der Waals surface area contributed by atoms with E-state index in [2.05, 4.69) is 15.7 Å². The fourth-order valence-corrected chi connectivity index (χ4v) is 3.12. The van der Waals surface area contributed by atoms with Crippen LogP contribution in [0.3, 0.4) is 0 Å². The van der Waals surface area contributed by atoms with Gasteiger partial charge in [-0.3, -0.25) is 5.32 Å². The first-order valence-electron chi connectivity index (χ1n) is 9.77. The van der Waals surface area contributed by atoms with E-state index in [0.717, 1.165) is 28.9 Å². The molecule has 0 radical (unpaired) electrons. The lowest BCUT2D eigenvalue weighted by Crippen LogP contribution is -2.21. The molecule has 0 atom stereocenters. The normalized spacial score (nSPS) is 11.2. The monoisotopic (exact) mass is 436 g/mol. The molecule has 3 aromatic carbocycles. The van der Waals surface area contributed by atoms with Crippen molar-refractivity contribution in [3.8, 4) is 16.9 Å². The van der Waals surface area contributed by atoms with Crippen LogP contribution in [0, 0.1) is 6.92 Å². The highest BCUT2D eigenvalue weighted by Gasteiger charge is 2.30. The Labute approximate surface area is 182 Å². The lowest BCUT2D eigenvalue weighted by Gasteiger charge is -2.11. The Morgan fingerprint density at radius 1 is 0.875 bits per heavy atom. The van der Waals surface area contributed by atoms with Crippen molar-refractivity contribution < 1.29 is 18.0 Å². The zero-order valence-electron chi connectivity index (χ0n) is 17.0. The number of anilines is 2. The molecule has 5 nitrogen and oxygen atoms in total. The molecular weight excluding hydrogens is 417 g/mol. The molecule has 162 valence electrons. The van der Waals surface area contributed by atoms with E-state index in [4.69, 9.17) is 0 Å². The first-order valence-corrected chi connectivity index (χ1v) is 9.77. The predicted octanol–water partition coefficient (Wildman–Crippen LogP) is 6.51. The Hall–Kier alpha value is -4.07. The molecule has 4 aromatic rings. The van der Waals surface area contributed by atoms with E-state index in [1.807, 2.05) is 61.5 Å². The Morgan fingerprint density at radius 3 is 2.16 bits per heavy atom. The molecule has 2 amide bonds. The number of urea groups is 1. The predicted molar refractivity (Wildman–Crippen MR) is 118 cm³/mol. The van der Waals surface area contributed by atoms with Crippen molar-refractivity contribution in [1.29, 1.82) is 0 Å². The first kappa shape index (κ1) is 21.2. The van der Waals surface area contributed by atoms with E-state index in [-0.39, 0.29) is 5.69 Å². The van der Waals surface area contributed by atoms with Crippen molar-refractivity contribution in [2.24, 2.45) is 0 Å². The summed E-state index contributed by atoms with van der Waals surface area (Å²) in [7, 11) is 0. The molecule has 0 unspecified atom stereocenters. The van der Waals surface area contributed by atoms with Crippen LogP contribution in [0.4, 0.5) is 29.5 Å². The maximum atomic E-state index is 12.7. The summed E-state index contributed by atoms with van der Waals surface area (Å²) in [4.78, 5) is 12.6. The summed E-state index contributed by atoms with van der Waals surface area (Å²) in [6.07, 6.45) is -4.44. The van der Waals surface area contributed by atoms with E-state index < -0.39 is 17.8 Å². The quantitative estimate of drug-likeness (QED) is 0.383. The van der Waals surface area contributed by atoms with Gasteiger partial charge in [-0.15, -0.1) is 0 Å². The number of benzene rings is 3. The molecule has 8 heteroatoms. The minimum absolute atomic E-state index is 0.236. The average molecular weight is 436 g/mol. The molecule has 1 heterocycles. The van der Waals surface area contributed by atoms with Gasteiger partial charge >= 0.3 is 12.2 Å². The van der Waals surface area contributed by atoms with E-state index in [1.165, 1.54) is 12.1 Å². The highest BCUT2D eigenvalue weighted by Crippen LogP contribution is 2.30. The number of nitrogens with one attached hydrogen (secondary N) is 2. The number of aromatic nitrogens is 2. The summed E-state index contributed by atoms with van der Waals surface area (Å²) in [5.41, 5.74) is 2.83. The Bertz CT molecular complexity index is 1220. The number of hydrogen-bond donors (Lipinski definition) is 2. The van der Waals surface area contributed by atoms with E-state index in [9.17, 15) is 18.0 Å². The molecule has 0 saturated heterocycles. The number of amides is 2. The van der Waals surface area contributed by atoms with Crippen LogP contribution in [0.1, 0.15) is 11.1 Å². The van der Waals surface area contributed by atoms with Crippen molar-refractivity contribution in [1.82, 2.24) is 9.78 Å². The average Bonchev–Trinajstić information content (AvgIpc) is 3.18. The summed E-state index contributed by atoms with van der Waals surface area (Å²) in [6, 6.07) is 22.5. The molecule has 0 aliphatic rings. The van der Waals surface area contributed by atoms with Crippen molar-refractivity contribution in [3.05, 3.63) is 96.1 Å². The highest BCUT2D eigenvalue weighted by molar-refractivity contribution is 5.99. The van der Waals surface area contributed by atoms with Gasteiger partial charge in [0.1, 0.15) is 5.82 Å². The lowest BCUT2D eigenvalue weighted by molar-refractivity contribution is -0.137. The topological polar surface area (TPSA) is 59.0 Å². The molecule has 0 fully saturated rings. The highest BCUT2D eigenvalue weighted by atomic mass is 19.4. The van der Waals surface area contributed by atoms with Gasteiger partial charge in [-0.1, -0.05) is 48.0 Å². The Balaban J connectivity index is 1.59. The zero-order chi connectivity index (χ0) is 22.7. The van der Waals surface area contributed by atoms with Gasteiger partial charge in [-0.05, 0) is 43.3 Å². The Morgan fingerprint density at radius 2 is 1.53 bits per heavy atom. The van der Waals surface area contributed by atoms with Crippen molar-refractivity contribution in [3.63, 3.8) is 0 Å². The second-order valence-electron chi connectivity index (χ2n) is 7.18. The second kappa shape index (κ2) is 8.58. The summed E-state index contributed by atoms with van der Waals surface area (Å²) in [5, 5.41) is 9.91. The number of alkyl halides is 3. The SMILES string of the molecule is Cc1ccc(-n2nc(-c3ccccc3)cc2NC(=O)Nc2ccc(C(F)(F)F)cc2)cc1. The molecule has 0 spiro atoms. The van der Waals surface area contributed by atoms with Crippen LogP contribution in [0.5, 0.6) is 0 Å². The Kier molecular flexibility index (Phi) is 5.68. The molecule has 32 heavy (non-hydrogen) atoms. The number of rotatable bonds is 4. The van der Waals surface area contributed by atoms with Gasteiger partial charge in [-0.2, -0.15) is 18.3 Å². The van der Waals surface area contributed by atoms with Gasteiger partial charge in [0, 0.05) is 17.3 Å². The van der Waals surface area contributed by atoms with E-state index in [1.54, 1.807) is 10.7 Å². The van der Waals surface area contributed by atoms with Crippen LogP contribution < -0.4 is 10.6 Å². The van der Waals surface area contributed by atoms with E-state index >= 15 is 0 Å². The number of carbonyl (C=O) groups excluding carboxylic acids is 1. The molecule has 1 aromatic heterocycles. The van der Waals surface area contributed by atoms with Crippen LogP contribution in [-0.4, -0.2) is 15.8 Å². The van der Waals surface area contributed by atoms with Crippen LogP contribution in [0.2, 0.25) is 0 Å². The summed E-state index contributed by atoms with van der Waals surface area (Å²) in [5.74, 6) is 0.414. The minimum Gasteiger partial charge on any atom is -0.308 e. The molecular formula is C24H19F3N4O. The smallest absolute Gasteiger partial charge is 0.308 e. The van der Waals surface area contributed by atoms with Crippen molar-refractivity contribution >= 4 is 17.5 Å². The molecule has 4 rings (SSSR count). The standard InChI is InChI=1S/C24H19F3N4O/c1-16-7-13-20(14-8-16)31-22(15-21(30-31)17-5-3-2-4-6-17)29-23(32)28-19-11-9-18(10-12-19)24(25,26)27/h2-15H,1H3,(H2,28,29,32). The third-order valence-electron chi connectivity index (χ3n) is 4.77. The van der Waals surface area contributed by atoms with Gasteiger partial charge in [0.25, 0.3) is 0 Å². The van der Waals surface area contributed by atoms with Crippen molar-refractivity contribution in [2.75, 3.05) is 10.6 Å². The molecule has 0 aliphatic carbocycles. The number of nitrogens with zero attached hydrogens (tertiary/aromatic N) is 2. The van der Waals surface area contributed by atoms with Crippen LogP contribution >= 0.6 is 0 Å². The van der Waals surface area contributed by atoms with Gasteiger partial charge in [0.15, 0.2) is 0 Å². The number of halogens is 3. The van der Waals surface area contributed by atoms with Crippen LogP contribution in [0.15, 0.2) is 84.9 Å². The summed E-state index contributed by atoms with van der Waals surface area (Å²) in [6.45, 7) is 1.97. The fourth-order valence-electron chi connectivity index (χ4n) is 3.12. The third kappa shape index (κ3) is 4.80. The van der Waals surface area contributed by atoms with Gasteiger partial charge in [0.05, 0.1) is 16.9 Å². The summed E-state index contributed by atoms with van der Waals surface area (Å²) < 4.78 is 39.8.